The van der Waals surface area contributed by atoms with Gasteiger partial charge in [0.25, 0.3) is 0 Å². The van der Waals surface area contributed by atoms with Crippen molar-refractivity contribution in [2.75, 3.05) is 19.1 Å². The largest absolute Gasteiger partial charge is 0.353 e. The molecule has 0 aliphatic rings. The molecule has 0 bridgehead atoms. The van der Waals surface area contributed by atoms with Crippen LogP contribution in [0.15, 0.2) is 0 Å². The Morgan fingerprint density at radius 2 is 1.24 bits per heavy atom. The molecule has 0 aromatic rings. The Hall–Kier alpha value is 0.210. The van der Waals surface area contributed by atoms with Gasteiger partial charge in [-0.15, -0.1) is 11.6 Å². The minimum absolute atomic E-state index is 0.0150. The van der Waals surface area contributed by atoms with E-state index in [4.69, 9.17) is 21.1 Å². The van der Waals surface area contributed by atoms with Crippen LogP contribution < -0.4 is 0 Å². The fourth-order valence-electron chi connectivity index (χ4n) is 1.88. The van der Waals surface area contributed by atoms with Gasteiger partial charge in [-0.2, -0.15) is 0 Å². The highest BCUT2D eigenvalue weighted by atomic mass is 35.5. The van der Waals surface area contributed by atoms with E-state index in [-0.39, 0.29) is 6.29 Å². The third-order valence-electron chi connectivity index (χ3n) is 2.78. The van der Waals surface area contributed by atoms with Gasteiger partial charge in [-0.05, 0) is 33.1 Å². The van der Waals surface area contributed by atoms with Gasteiger partial charge in [-0.25, -0.2) is 0 Å². The monoisotopic (exact) mass is 264 g/mol. The van der Waals surface area contributed by atoms with E-state index in [0.29, 0.717) is 0 Å². The van der Waals surface area contributed by atoms with Crippen LogP contribution in [0.25, 0.3) is 0 Å². The number of ether oxygens (including phenoxy) is 2. The highest BCUT2D eigenvalue weighted by Crippen LogP contribution is 2.12. The molecule has 0 heterocycles. The molecule has 0 aliphatic heterocycles. The van der Waals surface area contributed by atoms with Crippen molar-refractivity contribution < 1.29 is 9.47 Å². The molecule has 0 fully saturated rings. The molecule has 2 nitrogen and oxygen atoms in total. The van der Waals surface area contributed by atoms with Crippen LogP contribution in [0.4, 0.5) is 0 Å². The zero-order valence-corrected chi connectivity index (χ0v) is 12.3. The lowest BCUT2D eigenvalue weighted by molar-refractivity contribution is -0.140. The zero-order chi connectivity index (χ0) is 12.8. The van der Waals surface area contributed by atoms with Crippen LogP contribution >= 0.6 is 11.6 Å². The minimum atomic E-state index is 0.0150. The highest BCUT2D eigenvalue weighted by Gasteiger charge is 2.06. The van der Waals surface area contributed by atoms with Crippen molar-refractivity contribution in [3.63, 3.8) is 0 Å². The van der Waals surface area contributed by atoms with Gasteiger partial charge in [0.05, 0.1) is 0 Å². The van der Waals surface area contributed by atoms with E-state index < -0.39 is 0 Å². The Morgan fingerprint density at radius 3 is 1.71 bits per heavy atom. The van der Waals surface area contributed by atoms with Crippen LogP contribution in [0.1, 0.15) is 65.2 Å². The van der Waals surface area contributed by atoms with Gasteiger partial charge in [0.15, 0.2) is 6.29 Å². The van der Waals surface area contributed by atoms with Gasteiger partial charge in [0, 0.05) is 19.1 Å². The molecular formula is C14H29ClO2. The van der Waals surface area contributed by atoms with Crippen LogP contribution in [0, 0.1) is 0 Å². The third kappa shape index (κ3) is 12.5. The van der Waals surface area contributed by atoms with E-state index >= 15 is 0 Å². The fraction of sp³-hybridized carbons (Fsp3) is 1.00. The van der Waals surface area contributed by atoms with Crippen molar-refractivity contribution in [1.29, 1.82) is 0 Å². The maximum absolute atomic E-state index is 5.63. The predicted octanol–water partition coefficient (Wildman–Crippen LogP) is 4.75. The standard InChI is InChI=1S/C14H29ClO2/c1-3-16-14(17-4-2)12-10-8-6-5-7-9-11-13-15/h14H,3-13H2,1-2H3. The van der Waals surface area contributed by atoms with Gasteiger partial charge >= 0.3 is 0 Å². The zero-order valence-electron chi connectivity index (χ0n) is 11.5. The summed E-state index contributed by atoms with van der Waals surface area (Å²) in [5.74, 6) is 0.810. The van der Waals surface area contributed by atoms with E-state index in [2.05, 4.69) is 0 Å². The molecule has 0 rings (SSSR count). The van der Waals surface area contributed by atoms with E-state index in [9.17, 15) is 0 Å². The van der Waals surface area contributed by atoms with Crippen LogP contribution in [-0.4, -0.2) is 25.4 Å². The Balaban J connectivity index is 3.23. The van der Waals surface area contributed by atoms with E-state index in [1.807, 2.05) is 13.8 Å². The van der Waals surface area contributed by atoms with E-state index in [1.54, 1.807) is 0 Å². The molecule has 0 unspecified atom stereocenters. The molecule has 0 radical (unpaired) electrons. The second-order valence-electron chi connectivity index (χ2n) is 4.29. The van der Waals surface area contributed by atoms with Gasteiger partial charge < -0.3 is 9.47 Å². The van der Waals surface area contributed by atoms with Gasteiger partial charge in [-0.3, -0.25) is 0 Å². The number of alkyl halides is 1. The van der Waals surface area contributed by atoms with E-state index in [1.165, 1.54) is 38.5 Å². The molecule has 0 atom stereocenters. The first-order chi connectivity index (χ1) is 8.35. The number of hydrogen-bond donors (Lipinski definition) is 0. The molecule has 0 saturated carbocycles. The summed E-state index contributed by atoms with van der Waals surface area (Å²) >= 11 is 5.63. The second-order valence-corrected chi connectivity index (χ2v) is 4.67. The van der Waals surface area contributed by atoms with Crippen LogP contribution in [0.3, 0.4) is 0 Å². The van der Waals surface area contributed by atoms with Crippen molar-refractivity contribution >= 4 is 11.6 Å². The Kier molecular flexibility index (Phi) is 14.4. The van der Waals surface area contributed by atoms with Crippen LogP contribution in [0.2, 0.25) is 0 Å². The summed E-state index contributed by atoms with van der Waals surface area (Å²) in [5.41, 5.74) is 0. The predicted molar refractivity (Wildman–Crippen MR) is 74.7 cm³/mol. The molecule has 0 aromatic heterocycles. The maximum atomic E-state index is 5.63. The summed E-state index contributed by atoms with van der Waals surface area (Å²) < 4.78 is 11.0. The lowest BCUT2D eigenvalue weighted by Crippen LogP contribution is -2.17. The number of unbranched alkanes of at least 4 members (excludes halogenated alkanes) is 6. The lowest BCUT2D eigenvalue weighted by atomic mass is 10.1. The lowest BCUT2D eigenvalue weighted by Gasteiger charge is -2.16. The average Bonchev–Trinajstić information content (AvgIpc) is 2.33. The number of hydrogen-bond acceptors (Lipinski definition) is 2. The van der Waals surface area contributed by atoms with Gasteiger partial charge in [0.1, 0.15) is 0 Å². The highest BCUT2D eigenvalue weighted by molar-refractivity contribution is 6.17. The molecule has 0 N–H and O–H groups in total. The third-order valence-corrected chi connectivity index (χ3v) is 3.05. The fourth-order valence-corrected chi connectivity index (χ4v) is 2.06. The molecule has 17 heavy (non-hydrogen) atoms. The Bertz CT molecular complexity index is 136. The summed E-state index contributed by atoms with van der Waals surface area (Å²) in [6, 6.07) is 0. The van der Waals surface area contributed by atoms with E-state index in [0.717, 1.165) is 31.9 Å². The van der Waals surface area contributed by atoms with Crippen LogP contribution in [-0.2, 0) is 9.47 Å². The molecule has 0 amide bonds. The van der Waals surface area contributed by atoms with Crippen molar-refractivity contribution in [3.8, 4) is 0 Å². The average molecular weight is 265 g/mol. The second kappa shape index (κ2) is 14.3. The van der Waals surface area contributed by atoms with Gasteiger partial charge in [0.2, 0.25) is 0 Å². The maximum Gasteiger partial charge on any atom is 0.157 e. The quantitative estimate of drug-likeness (QED) is 0.272. The summed E-state index contributed by atoms with van der Waals surface area (Å²) in [5, 5.41) is 0. The van der Waals surface area contributed by atoms with Crippen molar-refractivity contribution in [2.24, 2.45) is 0 Å². The SMILES string of the molecule is CCOC(CCCCCCCCCCl)OCC. The number of rotatable bonds is 13. The van der Waals surface area contributed by atoms with Crippen LogP contribution in [0.5, 0.6) is 0 Å². The summed E-state index contributed by atoms with van der Waals surface area (Å²) in [6.45, 7) is 5.51. The molecule has 104 valence electrons. The molecule has 0 saturated heterocycles. The minimum Gasteiger partial charge on any atom is -0.353 e. The Morgan fingerprint density at radius 1 is 0.765 bits per heavy atom. The van der Waals surface area contributed by atoms with Crippen molar-refractivity contribution in [1.82, 2.24) is 0 Å². The van der Waals surface area contributed by atoms with Gasteiger partial charge in [-0.1, -0.05) is 32.1 Å². The summed E-state index contributed by atoms with van der Waals surface area (Å²) in [7, 11) is 0. The van der Waals surface area contributed by atoms with Crippen molar-refractivity contribution in [3.05, 3.63) is 0 Å². The molecule has 3 heteroatoms. The molecule has 0 aromatic carbocycles. The van der Waals surface area contributed by atoms with Crippen molar-refractivity contribution in [2.45, 2.75) is 71.5 Å². The smallest absolute Gasteiger partial charge is 0.157 e. The number of halogens is 1. The first kappa shape index (κ1) is 17.2. The molecule has 0 aliphatic carbocycles. The Labute approximate surface area is 112 Å². The molecular weight excluding hydrogens is 236 g/mol. The normalized spacial score (nSPS) is 11.3. The summed E-state index contributed by atoms with van der Waals surface area (Å²) in [6.07, 6.45) is 9.98. The first-order valence-electron chi connectivity index (χ1n) is 7.14. The molecule has 0 spiro atoms. The first-order valence-corrected chi connectivity index (χ1v) is 7.67. The topological polar surface area (TPSA) is 18.5 Å². The summed E-state index contributed by atoms with van der Waals surface area (Å²) in [4.78, 5) is 0.